The molecule has 0 radical (unpaired) electrons. The summed E-state index contributed by atoms with van der Waals surface area (Å²) in [6.45, 7) is 0. The monoisotopic (exact) mass is 248 g/mol. The molecule has 1 aromatic carbocycles. The van der Waals surface area contributed by atoms with Crippen LogP contribution in [-0.4, -0.2) is 11.2 Å². The summed E-state index contributed by atoms with van der Waals surface area (Å²) in [5.41, 5.74) is 4.06. The molecule has 0 fully saturated rings. The second-order valence-corrected chi connectivity index (χ2v) is 4.76. The molecule has 94 valence electrons. The summed E-state index contributed by atoms with van der Waals surface area (Å²) in [5.74, 6) is 0.396. The van der Waals surface area contributed by atoms with Crippen molar-refractivity contribution in [2.75, 3.05) is 0 Å². The Morgan fingerprint density at radius 2 is 1.79 bits per heavy atom. The van der Waals surface area contributed by atoms with Gasteiger partial charge in [0.05, 0.1) is 0 Å². The van der Waals surface area contributed by atoms with Crippen molar-refractivity contribution >= 4 is 6.21 Å². The molecule has 0 saturated heterocycles. The van der Waals surface area contributed by atoms with Crippen LogP contribution in [-0.2, 0) is 6.42 Å². The van der Waals surface area contributed by atoms with Gasteiger partial charge in [-0.05, 0) is 35.3 Å². The molecule has 1 aromatic heterocycles. The lowest BCUT2D eigenvalue weighted by Crippen LogP contribution is -2.06. The molecule has 0 saturated carbocycles. The number of rotatable bonds is 4. The van der Waals surface area contributed by atoms with Gasteiger partial charge in [-0.15, -0.1) is 0 Å². The molecule has 0 amide bonds. The van der Waals surface area contributed by atoms with Gasteiger partial charge in [0.2, 0.25) is 0 Å². The van der Waals surface area contributed by atoms with Gasteiger partial charge in [0.1, 0.15) is 0 Å². The first-order chi connectivity index (χ1) is 9.43. The van der Waals surface area contributed by atoms with E-state index in [1.165, 1.54) is 16.7 Å². The summed E-state index contributed by atoms with van der Waals surface area (Å²) < 4.78 is 0. The molecule has 2 nitrogen and oxygen atoms in total. The summed E-state index contributed by atoms with van der Waals surface area (Å²) in [5, 5.41) is 0. The first kappa shape index (κ1) is 11.8. The van der Waals surface area contributed by atoms with Crippen molar-refractivity contribution in [1.82, 2.24) is 4.98 Å². The molecule has 0 spiro atoms. The lowest BCUT2D eigenvalue weighted by molar-refractivity contribution is 0.775. The number of aromatic nitrogens is 1. The predicted molar refractivity (Wildman–Crippen MR) is 78.3 cm³/mol. The van der Waals surface area contributed by atoms with E-state index in [9.17, 15) is 0 Å². The predicted octanol–water partition coefficient (Wildman–Crippen LogP) is 3.77. The highest BCUT2D eigenvalue weighted by Crippen LogP contribution is 2.31. The molecule has 1 unspecified atom stereocenters. The topological polar surface area (TPSA) is 25.2 Å². The largest absolute Gasteiger partial charge is 0.269 e. The van der Waals surface area contributed by atoms with Crippen molar-refractivity contribution in [3.8, 4) is 0 Å². The Labute approximate surface area is 113 Å². The Hall–Kier alpha value is -2.22. The number of benzene rings is 1. The van der Waals surface area contributed by atoms with E-state index in [1.807, 2.05) is 24.8 Å². The number of allylic oxidation sites excluding steroid dienone is 1. The summed E-state index contributed by atoms with van der Waals surface area (Å²) >= 11 is 0. The molecule has 2 heterocycles. The highest BCUT2D eigenvalue weighted by molar-refractivity contribution is 5.66. The molecule has 1 aliphatic heterocycles. The van der Waals surface area contributed by atoms with Crippen LogP contribution in [0.2, 0.25) is 0 Å². The lowest BCUT2D eigenvalue weighted by Gasteiger charge is -2.18. The average molecular weight is 248 g/mol. The second kappa shape index (κ2) is 5.61. The Morgan fingerprint density at radius 1 is 1.00 bits per heavy atom. The Kier molecular flexibility index (Phi) is 3.50. The van der Waals surface area contributed by atoms with Crippen LogP contribution in [0.5, 0.6) is 0 Å². The van der Waals surface area contributed by atoms with Crippen molar-refractivity contribution in [1.29, 1.82) is 0 Å². The molecule has 1 atom stereocenters. The Morgan fingerprint density at radius 3 is 2.47 bits per heavy atom. The van der Waals surface area contributed by atoms with Crippen LogP contribution in [0.15, 0.2) is 71.6 Å². The normalized spacial score (nSPS) is 15.3. The molecule has 3 rings (SSSR count). The minimum Gasteiger partial charge on any atom is -0.269 e. The first-order valence-electron chi connectivity index (χ1n) is 6.58. The van der Waals surface area contributed by atoms with Crippen LogP contribution < -0.4 is 0 Å². The van der Waals surface area contributed by atoms with Gasteiger partial charge in [-0.2, -0.15) is 0 Å². The summed E-state index contributed by atoms with van der Waals surface area (Å²) in [7, 11) is 0. The molecular formula is C17H16N2. The smallest absolute Gasteiger partial charge is 0.0270 e. The molecule has 0 aliphatic carbocycles. The van der Waals surface area contributed by atoms with Gasteiger partial charge >= 0.3 is 0 Å². The second-order valence-electron chi connectivity index (χ2n) is 4.76. The Bertz CT molecular complexity index is 585. The van der Waals surface area contributed by atoms with Gasteiger partial charge in [0.25, 0.3) is 0 Å². The fraction of sp³-hybridized carbons (Fsp3) is 0.176. The zero-order valence-electron chi connectivity index (χ0n) is 10.7. The maximum Gasteiger partial charge on any atom is 0.0270 e. The van der Waals surface area contributed by atoms with Crippen molar-refractivity contribution in [2.24, 2.45) is 4.99 Å². The summed E-state index contributed by atoms with van der Waals surface area (Å²) in [4.78, 5) is 8.36. The van der Waals surface area contributed by atoms with Gasteiger partial charge in [-0.1, -0.05) is 30.3 Å². The Balaban J connectivity index is 1.89. The summed E-state index contributed by atoms with van der Waals surface area (Å²) in [6, 6.07) is 14.8. The molecule has 2 aromatic rings. The zero-order chi connectivity index (χ0) is 12.9. The molecule has 19 heavy (non-hydrogen) atoms. The van der Waals surface area contributed by atoms with Crippen LogP contribution in [0.25, 0.3) is 0 Å². The van der Waals surface area contributed by atoms with E-state index in [-0.39, 0.29) is 0 Å². The number of aliphatic imine (C=N–C) groups is 1. The third-order valence-electron chi connectivity index (χ3n) is 3.51. The lowest BCUT2D eigenvalue weighted by atomic mass is 9.86. The van der Waals surface area contributed by atoms with E-state index < -0.39 is 0 Å². The first-order valence-corrected chi connectivity index (χ1v) is 6.58. The van der Waals surface area contributed by atoms with E-state index in [0.717, 1.165) is 12.8 Å². The zero-order valence-corrected chi connectivity index (χ0v) is 10.7. The molecule has 1 aliphatic rings. The maximum absolute atomic E-state index is 4.25. The van der Waals surface area contributed by atoms with Gasteiger partial charge < -0.3 is 0 Å². The number of hydrogen-bond donors (Lipinski definition) is 0. The van der Waals surface area contributed by atoms with Gasteiger partial charge in [0.15, 0.2) is 0 Å². The minimum atomic E-state index is 0.396. The molecular weight excluding hydrogens is 232 g/mol. The molecule has 2 heteroatoms. The van der Waals surface area contributed by atoms with E-state index in [1.54, 1.807) is 0 Å². The summed E-state index contributed by atoms with van der Waals surface area (Å²) in [6.07, 6.45) is 9.69. The molecule has 0 N–H and O–H groups in total. The number of pyridine rings is 1. The van der Waals surface area contributed by atoms with Crippen molar-refractivity contribution < 1.29 is 0 Å². The van der Waals surface area contributed by atoms with Crippen LogP contribution in [0, 0.1) is 0 Å². The highest BCUT2D eigenvalue weighted by Gasteiger charge is 2.18. The van der Waals surface area contributed by atoms with E-state index in [4.69, 9.17) is 0 Å². The number of hydrogen-bond acceptors (Lipinski definition) is 2. The molecule has 0 bridgehead atoms. The van der Waals surface area contributed by atoms with Gasteiger partial charge in [-0.3, -0.25) is 9.98 Å². The van der Waals surface area contributed by atoms with Crippen LogP contribution in [0.4, 0.5) is 0 Å². The maximum atomic E-state index is 4.25. The third-order valence-corrected chi connectivity index (χ3v) is 3.51. The van der Waals surface area contributed by atoms with E-state index >= 15 is 0 Å². The van der Waals surface area contributed by atoms with E-state index in [0.29, 0.717) is 5.92 Å². The van der Waals surface area contributed by atoms with E-state index in [2.05, 4.69) is 52.4 Å². The van der Waals surface area contributed by atoms with Crippen LogP contribution in [0.1, 0.15) is 23.5 Å². The van der Waals surface area contributed by atoms with Crippen molar-refractivity contribution in [3.05, 3.63) is 77.8 Å². The van der Waals surface area contributed by atoms with Crippen molar-refractivity contribution in [2.45, 2.75) is 18.8 Å². The fourth-order valence-corrected chi connectivity index (χ4v) is 2.50. The third kappa shape index (κ3) is 2.79. The highest BCUT2D eigenvalue weighted by atomic mass is 14.7. The number of nitrogens with zero attached hydrogens (tertiary/aromatic N) is 2. The average Bonchev–Trinajstić information content (AvgIpc) is 3.01. The van der Waals surface area contributed by atoms with Crippen molar-refractivity contribution in [3.63, 3.8) is 0 Å². The van der Waals surface area contributed by atoms with Gasteiger partial charge in [0, 0.05) is 37.1 Å². The standard InChI is InChI=1S/C17H16N2/c1-2-4-14(5-3-1)12-17(16-8-11-19-13-16)15-6-9-18-10-7-15/h1-7,9-11,13,17H,8,12H2. The fourth-order valence-electron chi connectivity index (χ4n) is 2.50. The SMILES string of the molecule is C1=NC=C(C(Cc2ccccc2)c2ccncc2)C1. The quantitative estimate of drug-likeness (QED) is 0.808. The van der Waals surface area contributed by atoms with Crippen LogP contribution >= 0.6 is 0 Å². The van der Waals surface area contributed by atoms with Crippen LogP contribution in [0.3, 0.4) is 0 Å². The minimum absolute atomic E-state index is 0.396. The van der Waals surface area contributed by atoms with Gasteiger partial charge in [-0.25, -0.2) is 0 Å².